The molecule has 4 nitrogen and oxygen atoms in total. The van der Waals surface area contributed by atoms with Crippen LogP contribution in [-0.4, -0.2) is 33.9 Å². The third-order valence-corrected chi connectivity index (χ3v) is 3.94. The van der Waals surface area contributed by atoms with Crippen LogP contribution < -0.4 is 0 Å². The zero-order valence-electron chi connectivity index (χ0n) is 9.77. The van der Waals surface area contributed by atoms with Crippen LogP contribution in [0.4, 0.5) is 0 Å². The lowest BCUT2D eigenvalue weighted by Crippen LogP contribution is -2.09. The molecule has 1 saturated heterocycles. The lowest BCUT2D eigenvalue weighted by molar-refractivity contribution is 0.419. The smallest absolute Gasteiger partial charge is 0.272 e. The minimum absolute atomic E-state index is 0.0660. The van der Waals surface area contributed by atoms with Crippen LogP contribution >= 0.6 is 24.0 Å². The van der Waals surface area contributed by atoms with E-state index < -0.39 is 0 Å². The summed E-state index contributed by atoms with van der Waals surface area (Å²) < 4.78 is 6.84. The van der Waals surface area contributed by atoms with Crippen molar-refractivity contribution < 1.29 is 9.52 Å². The van der Waals surface area contributed by atoms with E-state index >= 15 is 0 Å². The van der Waals surface area contributed by atoms with Crippen molar-refractivity contribution in [3.8, 4) is 5.88 Å². The molecule has 0 amide bonds. The first-order chi connectivity index (χ1) is 8.13. The maximum absolute atomic E-state index is 9.85. The number of hydrogen-bond donors (Lipinski definition) is 1. The first-order valence-electron chi connectivity index (χ1n) is 5.36. The molecule has 0 spiro atoms. The minimum Gasteiger partial charge on any atom is -0.492 e. The van der Waals surface area contributed by atoms with Gasteiger partial charge < -0.3 is 14.4 Å². The molecule has 92 valence electrons. The zero-order chi connectivity index (χ0) is 12.4. The Hall–Kier alpha value is -1.10. The largest absolute Gasteiger partial charge is 0.492 e. The van der Waals surface area contributed by atoms with E-state index in [-0.39, 0.29) is 10.7 Å². The average molecular weight is 270 g/mol. The summed E-state index contributed by atoms with van der Waals surface area (Å²) in [5.74, 6) is 1.50. The standard InChI is InChI=1S/C11H14N2O2S2/c1-3-13-10(14)8(15-11(13)16)4-5-9-12(2)6-7-17-9/h4,14H,3,6-7H2,1-2H3. The van der Waals surface area contributed by atoms with Crippen molar-refractivity contribution in [2.45, 2.75) is 13.5 Å². The summed E-state index contributed by atoms with van der Waals surface area (Å²) in [6.45, 7) is 3.51. The van der Waals surface area contributed by atoms with E-state index in [1.54, 1.807) is 22.4 Å². The SMILES string of the molecule is CCn1c(O)c(C=C=C2SCCN2C)oc1=S. The van der Waals surface area contributed by atoms with Crippen molar-refractivity contribution in [1.82, 2.24) is 9.47 Å². The predicted octanol–water partition coefficient (Wildman–Crippen LogP) is 2.67. The second-order valence-electron chi connectivity index (χ2n) is 3.66. The van der Waals surface area contributed by atoms with E-state index in [1.165, 1.54) is 0 Å². The van der Waals surface area contributed by atoms with E-state index in [1.807, 2.05) is 14.0 Å². The van der Waals surface area contributed by atoms with Crippen LogP contribution in [0.1, 0.15) is 12.7 Å². The Labute approximate surface area is 109 Å². The number of aromatic hydroxyl groups is 1. The molecule has 2 rings (SSSR count). The summed E-state index contributed by atoms with van der Waals surface area (Å²) in [6.07, 6.45) is 1.64. The van der Waals surface area contributed by atoms with Crippen LogP contribution in [-0.2, 0) is 6.54 Å². The summed E-state index contributed by atoms with van der Waals surface area (Å²) in [5, 5.41) is 10.9. The highest BCUT2D eigenvalue weighted by Gasteiger charge is 2.13. The van der Waals surface area contributed by atoms with Gasteiger partial charge in [0, 0.05) is 32.0 Å². The van der Waals surface area contributed by atoms with Crippen LogP contribution in [0.25, 0.3) is 6.08 Å². The number of thioether (sulfide) groups is 1. The van der Waals surface area contributed by atoms with Gasteiger partial charge in [-0.05, 0) is 19.1 Å². The van der Waals surface area contributed by atoms with Crippen molar-refractivity contribution in [3.63, 3.8) is 0 Å². The number of rotatable bonds is 2. The number of hydrogen-bond acceptors (Lipinski definition) is 5. The van der Waals surface area contributed by atoms with Crippen molar-refractivity contribution in [3.05, 3.63) is 21.4 Å². The lowest BCUT2D eigenvalue weighted by Gasteiger charge is -2.07. The summed E-state index contributed by atoms with van der Waals surface area (Å²) in [6, 6.07) is 0. The highest BCUT2D eigenvalue weighted by Crippen LogP contribution is 2.26. The molecule has 0 atom stereocenters. The van der Waals surface area contributed by atoms with Gasteiger partial charge in [-0.3, -0.25) is 4.57 Å². The molecule has 1 aromatic heterocycles. The van der Waals surface area contributed by atoms with Gasteiger partial charge in [-0.1, -0.05) is 17.5 Å². The summed E-state index contributed by atoms with van der Waals surface area (Å²) in [7, 11) is 2.02. The van der Waals surface area contributed by atoms with Gasteiger partial charge in [-0.15, -0.1) is 0 Å². The van der Waals surface area contributed by atoms with E-state index in [9.17, 15) is 5.11 Å². The topological polar surface area (TPSA) is 41.5 Å². The Balaban J connectivity index is 2.37. The lowest BCUT2D eigenvalue weighted by atomic mass is 10.4. The fraction of sp³-hybridized carbons (Fsp3) is 0.455. The molecule has 17 heavy (non-hydrogen) atoms. The highest BCUT2D eigenvalue weighted by molar-refractivity contribution is 8.03. The van der Waals surface area contributed by atoms with Gasteiger partial charge >= 0.3 is 0 Å². The molecule has 2 heterocycles. The summed E-state index contributed by atoms with van der Waals surface area (Å²) in [4.78, 5) is 2.40. The second-order valence-corrected chi connectivity index (χ2v) is 5.10. The van der Waals surface area contributed by atoms with Crippen molar-refractivity contribution in [2.24, 2.45) is 0 Å². The van der Waals surface area contributed by atoms with Gasteiger partial charge in [-0.2, -0.15) is 0 Å². The molecular formula is C11H14N2O2S2. The highest BCUT2D eigenvalue weighted by atomic mass is 32.2. The molecule has 6 heteroatoms. The van der Waals surface area contributed by atoms with Crippen LogP contribution in [0.3, 0.4) is 0 Å². The first kappa shape index (κ1) is 12.4. The first-order valence-corrected chi connectivity index (χ1v) is 6.76. The van der Waals surface area contributed by atoms with Gasteiger partial charge in [0.1, 0.15) is 5.03 Å². The predicted molar refractivity (Wildman–Crippen MR) is 71.4 cm³/mol. The van der Waals surface area contributed by atoms with E-state index in [0.29, 0.717) is 12.3 Å². The average Bonchev–Trinajstić information content (AvgIpc) is 2.81. The third kappa shape index (κ3) is 2.44. The minimum atomic E-state index is 0.0660. The van der Waals surface area contributed by atoms with Gasteiger partial charge in [0.15, 0.2) is 5.76 Å². The van der Waals surface area contributed by atoms with Crippen molar-refractivity contribution in [1.29, 1.82) is 0 Å². The molecule has 0 aromatic carbocycles. The Morgan fingerprint density at radius 1 is 1.65 bits per heavy atom. The Morgan fingerprint density at radius 2 is 2.41 bits per heavy atom. The van der Waals surface area contributed by atoms with Crippen LogP contribution in [0.2, 0.25) is 0 Å². The Bertz CT molecular complexity index is 538. The molecule has 0 saturated carbocycles. The molecule has 1 aromatic rings. The summed E-state index contributed by atoms with van der Waals surface area (Å²) >= 11 is 6.73. The number of oxazole rings is 1. The molecule has 0 unspecified atom stereocenters. The number of aromatic nitrogens is 1. The van der Waals surface area contributed by atoms with Crippen LogP contribution in [0.15, 0.2) is 15.2 Å². The summed E-state index contributed by atoms with van der Waals surface area (Å²) in [5.41, 5.74) is 3.12. The van der Waals surface area contributed by atoms with E-state index in [2.05, 4.69) is 10.6 Å². The van der Waals surface area contributed by atoms with Crippen LogP contribution in [0.5, 0.6) is 5.88 Å². The fourth-order valence-electron chi connectivity index (χ4n) is 1.56. The molecule has 0 radical (unpaired) electrons. The van der Waals surface area contributed by atoms with Gasteiger partial charge in [0.25, 0.3) is 4.84 Å². The van der Waals surface area contributed by atoms with Gasteiger partial charge in [0.05, 0.1) is 0 Å². The second kappa shape index (κ2) is 5.04. The van der Waals surface area contributed by atoms with E-state index in [4.69, 9.17) is 16.6 Å². The normalized spacial score (nSPS) is 15.2. The Kier molecular flexibility index (Phi) is 3.66. The van der Waals surface area contributed by atoms with Crippen molar-refractivity contribution >= 4 is 30.1 Å². The molecular weight excluding hydrogens is 256 g/mol. The molecule has 1 fully saturated rings. The van der Waals surface area contributed by atoms with Crippen molar-refractivity contribution in [2.75, 3.05) is 19.3 Å². The number of nitrogens with zero attached hydrogens (tertiary/aromatic N) is 2. The third-order valence-electron chi connectivity index (χ3n) is 2.55. The molecule has 0 bridgehead atoms. The van der Waals surface area contributed by atoms with Gasteiger partial charge in [-0.25, -0.2) is 0 Å². The molecule has 1 aliphatic heterocycles. The van der Waals surface area contributed by atoms with Gasteiger partial charge in [0.2, 0.25) is 5.88 Å². The quantitative estimate of drug-likeness (QED) is 0.661. The maximum Gasteiger partial charge on any atom is 0.272 e. The Morgan fingerprint density at radius 3 is 2.94 bits per heavy atom. The monoisotopic (exact) mass is 270 g/mol. The fourth-order valence-corrected chi connectivity index (χ4v) is 2.88. The molecule has 1 aliphatic rings. The van der Waals surface area contributed by atoms with Crippen LogP contribution in [0, 0.1) is 4.84 Å². The molecule has 0 aliphatic carbocycles. The zero-order valence-corrected chi connectivity index (χ0v) is 11.4. The molecule has 1 N–H and O–H groups in total. The maximum atomic E-state index is 9.85. The van der Waals surface area contributed by atoms with E-state index in [0.717, 1.165) is 17.3 Å².